The van der Waals surface area contributed by atoms with Gasteiger partial charge >= 0.3 is 17.9 Å². The molecule has 398 valence electrons. The highest BCUT2D eigenvalue weighted by atomic mass is 16.6. The van der Waals surface area contributed by atoms with E-state index in [2.05, 4.69) is 142 Å². The second kappa shape index (κ2) is 57.9. The second-order valence-corrected chi connectivity index (χ2v) is 18.1. The van der Waals surface area contributed by atoms with E-state index in [-0.39, 0.29) is 38.0 Å². The number of unbranched alkanes of at least 4 members (excludes halogenated alkanes) is 14. The molecule has 0 aromatic rings. The average molecular weight is 980 g/mol. The van der Waals surface area contributed by atoms with Crippen molar-refractivity contribution in [1.29, 1.82) is 0 Å². The first-order chi connectivity index (χ1) is 35.0. The lowest BCUT2D eigenvalue weighted by Crippen LogP contribution is -2.30. The van der Waals surface area contributed by atoms with Crippen LogP contribution in [0.15, 0.2) is 146 Å². The van der Waals surface area contributed by atoms with Crippen LogP contribution in [-0.2, 0) is 28.6 Å². The molecule has 0 aliphatic rings. The van der Waals surface area contributed by atoms with Crippen LogP contribution in [0.1, 0.15) is 226 Å². The van der Waals surface area contributed by atoms with Crippen molar-refractivity contribution in [2.75, 3.05) is 13.2 Å². The molecule has 0 bridgehead atoms. The Morgan fingerprint density at radius 2 is 0.535 bits per heavy atom. The molecule has 6 heteroatoms. The van der Waals surface area contributed by atoms with Crippen molar-refractivity contribution in [1.82, 2.24) is 0 Å². The fraction of sp³-hybridized carbons (Fsp3) is 0.585. The Morgan fingerprint density at radius 3 is 0.873 bits per heavy atom. The zero-order chi connectivity index (χ0) is 51.4. The summed E-state index contributed by atoms with van der Waals surface area (Å²) in [7, 11) is 0. The van der Waals surface area contributed by atoms with Crippen molar-refractivity contribution in [2.45, 2.75) is 232 Å². The highest BCUT2D eigenvalue weighted by Gasteiger charge is 2.19. The first kappa shape index (κ1) is 66.3. The average Bonchev–Trinajstić information content (AvgIpc) is 3.37. The van der Waals surface area contributed by atoms with Crippen molar-refractivity contribution in [3.63, 3.8) is 0 Å². The number of esters is 3. The molecule has 1 atom stereocenters. The zero-order valence-electron chi connectivity index (χ0n) is 45.4. The van der Waals surface area contributed by atoms with Crippen LogP contribution < -0.4 is 0 Å². The van der Waals surface area contributed by atoms with Gasteiger partial charge in [0.05, 0.1) is 0 Å². The molecule has 0 aliphatic heterocycles. The number of hydrogen-bond donors (Lipinski definition) is 0. The standard InChI is InChI=1S/C65H102O6/c1-4-7-10-13-16-19-22-25-28-30-32-34-37-40-43-46-49-52-55-58-64(67)70-61-62(60-69-63(66)57-54-51-48-45-42-39-36-27-24-21-18-15-12-9-6-3)71-65(68)59-56-53-50-47-44-41-38-35-33-31-29-26-23-20-17-14-11-8-5-2/h16-21,25-29,32-36,40-41,43-44,49-50,52-53,62H,4-15,22-24,30-31,37-39,42,45-48,51,54-61H2,1-3H3/b19-16-,20-17-,21-18-,28-25-,29-26-,34-32-,35-33-,36-27-,43-40-,44-41-,52-49-,53-50-/t62-/m0/s1. The molecule has 0 heterocycles. The molecule has 6 nitrogen and oxygen atoms in total. The molecule has 0 aromatic carbocycles. The van der Waals surface area contributed by atoms with Crippen molar-refractivity contribution in [3.05, 3.63) is 146 Å². The Hall–Kier alpha value is -4.71. The molecule has 0 saturated heterocycles. The van der Waals surface area contributed by atoms with E-state index in [4.69, 9.17) is 14.2 Å². The van der Waals surface area contributed by atoms with Gasteiger partial charge in [-0.25, -0.2) is 0 Å². The summed E-state index contributed by atoms with van der Waals surface area (Å²) in [6, 6.07) is 0. The van der Waals surface area contributed by atoms with E-state index < -0.39 is 12.1 Å². The van der Waals surface area contributed by atoms with Crippen LogP contribution in [0.25, 0.3) is 0 Å². The van der Waals surface area contributed by atoms with Crippen LogP contribution in [-0.4, -0.2) is 37.2 Å². The summed E-state index contributed by atoms with van der Waals surface area (Å²) in [5, 5.41) is 0. The van der Waals surface area contributed by atoms with E-state index in [9.17, 15) is 14.4 Å². The van der Waals surface area contributed by atoms with Gasteiger partial charge in [0.1, 0.15) is 13.2 Å². The van der Waals surface area contributed by atoms with Crippen molar-refractivity contribution in [2.24, 2.45) is 0 Å². The summed E-state index contributed by atoms with van der Waals surface area (Å²) in [4.78, 5) is 38.1. The lowest BCUT2D eigenvalue weighted by atomic mass is 10.1. The number of allylic oxidation sites excluding steroid dienone is 24. The predicted octanol–water partition coefficient (Wildman–Crippen LogP) is 19.2. The second-order valence-electron chi connectivity index (χ2n) is 18.1. The summed E-state index contributed by atoms with van der Waals surface area (Å²) in [5.41, 5.74) is 0. The number of hydrogen-bond acceptors (Lipinski definition) is 6. The van der Waals surface area contributed by atoms with Gasteiger partial charge < -0.3 is 14.2 Å². The van der Waals surface area contributed by atoms with Gasteiger partial charge in [0, 0.05) is 19.3 Å². The van der Waals surface area contributed by atoms with Crippen LogP contribution in [0.2, 0.25) is 0 Å². The maximum absolute atomic E-state index is 12.8. The molecule has 0 unspecified atom stereocenters. The highest BCUT2D eigenvalue weighted by Crippen LogP contribution is 2.11. The number of carbonyl (C=O) groups excluding carboxylic acids is 3. The van der Waals surface area contributed by atoms with Gasteiger partial charge in [-0.05, 0) is 128 Å². The topological polar surface area (TPSA) is 78.9 Å². The molecule has 0 fully saturated rings. The van der Waals surface area contributed by atoms with Gasteiger partial charge in [0.2, 0.25) is 0 Å². The SMILES string of the molecule is CCCCC/C=C\C/C=C\C/C=C\C/C=C\C/C=C\CCC(=O)OC[C@H](COC(=O)CCCCCCC/C=C\C/C=C\CCCCC)OC(=O)CC/C=C\C/C=C\C/C=C\C/C=C\C/C=C\CCCCC. The smallest absolute Gasteiger partial charge is 0.306 e. The Labute approximate surface area is 436 Å². The lowest BCUT2D eigenvalue weighted by molar-refractivity contribution is -0.166. The van der Waals surface area contributed by atoms with Gasteiger partial charge in [0.15, 0.2) is 6.10 Å². The third-order valence-electron chi connectivity index (χ3n) is 11.3. The monoisotopic (exact) mass is 979 g/mol. The molecule has 0 amide bonds. The van der Waals surface area contributed by atoms with Gasteiger partial charge in [-0.3, -0.25) is 14.4 Å². The Balaban J connectivity index is 4.66. The van der Waals surface area contributed by atoms with E-state index in [1.165, 1.54) is 77.0 Å². The first-order valence-electron chi connectivity index (χ1n) is 28.3. The minimum atomic E-state index is -0.861. The fourth-order valence-corrected chi connectivity index (χ4v) is 7.02. The summed E-state index contributed by atoms with van der Waals surface area (Å²) >= 11 is 0. The van der Waals surface area contributed by atoms with Gasteiger partial charge in [-0.1, -0.05) is 224 Å². The summed E-state index contributed by atoms with van der Waals surface area (Å²) in [6.45, 7) is 6.40. The first-order valence-corrected chi connectivity index (χ1v) is 28.3. The Bertz CT molecular complexity index is 1590. The van der Waals surface area contributed by atoms with Gasteiger partial charge in [0.25, 0.3) is 0 Å². The quantitative estimate of drug-likeness (QED) is 0.0262. The van der Waals surface area contributed by atoms with Crippen LogP contribution in [0.4, 0.5) is 0 Å². The van der Waals surface area contributed by atoms with Crippen LogP contribution in [0.3, 0.4) is 0 Å². The normalized spacial score (nSPS) is 13.2. The molecule has 0 aliphatic carbocycles. The molecule has 0 N–H and O–H groups in total. The molecule has 71 heavy (non-hydrogen) atoms. The summed E-state index contributed by atoms with van der Waals surface area (Å²) < 4.78 is 16.7. The maximum atomic E-state index is 12.8. The molecule has 0 aromatic heterocycles. The Morgan fingerprint density at radius 1 is 0.282 bits per heavy atom. The maximum Gasteiger partial charge on any atom is 0.306 e. The fourth-order valence-electron chi connectivity index (χ4n) is 7.02. The highest BCUT2D eigenvalue weighted by molar-refractivity contribution is 5.71. The van der Waals surface area contributed by atoms with Crippen molar-refractivity contribution < 1.29 is 28.6 Å². The molecule has 0 saturated carbocycles. The molecular formula is C65H102O6. The van der Waals surface area contributed by atoms with Crippen LogP contribution in [0, 0.1) is 0 Å². The molecular weight excluding hydrogens is 877 g/mol. The lowest BCUT2D eigenvalue weighted by Gasteiger charge is -2.18. The van der Waals surface area contributed by atoms with E-state index in [1.807, 2.05) is 24.3 Å². The Kier molecular flexibility index (Phi) is 54.0. The zero-order valence-corrected chi connectivity index (χ0v) is 45.4. The largest absolute Gasteiger partial charge is 0.462 e. The number of carbonyl (C=O) groups is 3. The van der Waals surface area contributed by atoms with Crippen molar-refractivity contribution in [3.8, 4) is 0 Å². The van der Waals surface area contributed by atoms with Crippen molar-refractivity contribution >= 4 is 17.9 Å². The van der Waals surface area contributed by atoms with E-state index in [0.717, 1.165) is 96.3 Å². The number of ether oxygens (including phenoxy) is 3. The van der Waals surface area contributed by atoms with Gasteiger partial charge in [-0.2, -0.15) is 0 Å². The minimum Gasteiger partial charge on any atom is -0.462 e. The van der Waals surface area contributed by atoms with Crippen LogP contribution >= 0.6 is 0 Å². The predicted molar refractivity (Wildman–Crippen MR) is 306 cm³/mol. The summed E-state index contributed by atoms with van der Waals surface area (Å²) in [6.07, 6.45) is 82.8. The van der Waals surface area contributed by atoms with E-state index in [1.54, 1.807) is 0 Å². The summed E-state index contributed by atoms with van der Waals surface area (Å²) in [5.74, 6) is -1.13. The molecule has 0 radical (unpaired) electrons. The van der Waals surface area contributed by atoms with Gasteiger partial charge in [-0.15, -0.1) is 0 Å². The molecule has 0 spiro atoms. The third-order valence-corrected chi connectivity index (χ3v) is 11.3. The minimum absolute atomic E-state index is 0.144. The molecule has 0 rings (SSSR count). The number of rotatable bonds is 49. The van der Waals surface area contributed by atoms with E-state index in [0.29, 0.717) is 19.3 Å². The third kappa shape index (κ3) is 56.1. The van der Waals surface area contributed by atoms with Crippen LogP contribution in [0.5, 0.6) is 0 Å². The van der Waals surface area contributed by atoms with E-state index >= 15 is 0 Å².